The van der Waals surface area contributed by atoms with Crippen molar-refractivity contribution in [1.82, 2.24) is 19.6 Å². The summed E-state index contributed by atoms with van der Waals surface area (Å²) in [5.74, 6) is 1.86. The molecular weight excluding hydrogens is 400 g/mol. The normalized spacial score (nSPS) is 11.9. The Bertz CT molecular complexity index is 1250. The minimum Gasteiger partial charge on any atom is -0.493 e. The molecule has 0 bridgehead atoms. The molecule has 0 radical (unpaired) electrons. The molecule has 8 heteroatoms. The van der Waals surface area contributed by atoms with Crippen molar-refractivity contribution in [1.29, 1.82) is 0 Å². The molecule has 0 saturated carbocycles. The van der Waals surface area contributed by atoms with Crippen LogP contribution in [0.2, 0.25) is 0 Å². The number of hydrogen-bond donors (Lipinski definition) is 0. The van der Waals surface area contributed by atoms with E-state index < -0.39 is 0 Å². The van der Waals surface area contributed by atoms with E-state index in [1.807, 2.05) is 36.4 Å². The highest BCUT2D eigenvalue weighted by molar-refractivity contribution is 7.15. The van der Waals surface area contributed by atoms with Crippen molar-refractivity contribution >= 4 is 22.4 Å². The van der Waals surface area contributed by atoms with Gasteiger partial charge < -0.3 is 9.47 Å². The molecule has 0 fully saturated rings. The molecule has 4 aromatic rings. The lowest BCUT2D eigenvalue weighted by atomic mass is 10.2. The fraction of sp³-hybridized carbons (Fsp3) is 0.273. The van der Waals surface area contributed by atoms with Gasteiger partial charge in [-0.15, -0.1) is 5.10 Å². The van der Waals surface area contributed by atoms with Crippen molar-refractivity contribution in [2.45, 2.75) is 26.2 Å². The van der Waals surface area contributed by atoms with Gasteiger partial charge in [-0.25, -0.2) is 0 Å². The van der Waals surface area contributed by atoms with E-state index in [1.165, 1.54) is 15.9 Å². The summed E-state index contributed by atoms with van der Waals surface area (Å²) < 4.78 is 13.2. The molecule has 0 spiro atoms. The quantitative estimate of drug-likeness (QED) is 0.405. The molecule has 0 unspecified atom stereocenters. The van der Waals surface area contributed by atoms with E-state index in [1.54, 1.807) is 19.5 Å². The number of nitrogens with zero attached hydrogens (tertiary/aromatic N) is 4. The predicted octanol–water partition coefficient (Wildman–Crippen LogP) is 3.34. The Morgan fingerprint density at radius 3 is 2.70 bits per heavy atom. The molecule has 4 rings (SSSR count). The van der Waals surface area contributed by atoms with Crippen molar-refractivity contribution in [3.05, 3.63) is 63.2 Å². The summed E-state index contributed by atoms with van der Waals surface area (Å²) in [4.78, 5) is 21.8. The Morgan fingerprint density at radius 2 is 1.97 bits per heavy atom. The van der Waals surface area contributed by atoms with E-state index in [9.17, 15) is 4.79 Å². The molecule has 3 aromatic heterocycles. The van der Waals surface area contributed by atoms with E-state index in [0.717, 1.165) is 30.4 Å². The van der Waals surface area contributed by atoms with Gasteiger partial charge in [0.05, 0.1) is 18.2 Å². The third kappa shape index (κ3) is 4.18. The molecule has 0 atom stereocenters. The SMILES string of the molecule is CCCCCOc1ccc(/C=c2/sc3nc(-c4ccncc4)nn3c2=O)cc1OC. The van der Waals surface area contributed by atoms with E-state index in [-0.39, 0.29) is 5.56 Å². The van der Waals surface area contributed by atoms with Gasteiger partial charge in [0.2, 0.25) is 4.96 Å². The maximum atomic E-state index is 12.8. The number of pyridine rings is 1. The number of ether oxygens (including phenoxy) is 2. The molecule has 0 saturated heterocycles. The van der Waals surface area contributed by atoms with Gasteiger partial charge in [-0.2, -0.15) is 9.50 Å². The summed E-state index contributed by atoms with van der Waals surface area (Å²) in [5, 5.41) is 4.35. The first-order valence-electron chi connectivity index (χ1n) is 9.82. The maximum Gasteiger partial charge on any atom is 0.291 e. The largest absolute Gasteiger partial charge is 0.493 e. The van der Waals surface area contributed by atoms with Crippen LogP contribution >= 0.6 is 11.3 Å². The summed E-state index contributed by atoms with van der Waals surface area (Å²) in [6, 6.07) is 9.28. The molecule has 154 valence electrons. The van der Waals surface area contributed by atoms with Crippen molar-refractivity contribution in [2.24, 2.45) is 0 Å². The zero-order chi connectivity index (χ0) is 20.9. The highest BCUT2D eigenvalue weighted by Crippen LogP contribution is 2.28. The van der Waals surface area contributed by atoms with Crippen LogP contribution in [0.15, 0.2) is 47.5 Å². The predicted molar refractivity (Wildman–Crippen MR) is 117 cm³/mol. The summed E-state index contributed by atoms with van der Waals surface area (Å²) in [6.45, 7) is 2.82. The van der Waals surface area contributed by atoms with Crippen molar-refractivity contribution in [2.75, 3.05) is 13.7 Å². The van der Waals surface area contributed by atoms with Crippen LogP contribution in [-0.2, 0) is 0 Å². The first-order chi connectivity index (χ1) is 14.7. The van der Waals surface area contributed by atoms with Crippen LogP contribution in [0.5, 0.6) is 11.5 Å². The number of methoxy groups -OCH3 is 1. The van der Waals surface area contributed by atoms with Crippen LogP contribution < -0.4 is 19.6 Å². The van der Waals surface area contributed by atoms with Crippen molar-refractivity contribution in [3.63, 3.8) is 0 Å². The van der Waals surface area contributed by atoms with Crippen LogP contribution in [0, 0.1) is 0 Å². The lowest BCUT2D eigenvalue weighted by Crippen LogP contribution is -2.23. The lowest BCUT2D eigenvalue weighted by molar-refractivity contribution is 0.286. The van der Waals surface area contributed by atoms with Gasteiger partial charge in [0.15, 0.2) is 17.3 Å². The summed E-state index contributed by atoms with van der Waals surface area (Å²) >= 11 is 1.30. The minimum atomic E-state index is -0.193. The average Bonchev–Trinajstić information content (AvgIpc) is 3.32. The second kappa shape index (κ2) is 9.04. The van der Waals surface area contributed by atoms with Gasteiger partial charge in [0.25, 0.3) is 5.56 Å². The third-order valence-corrected chi connectivity index (χ3v) is 5.57. The summed E-state index contributed by atoms with van der Waals surface area (Å²) in [5.41, 5.74) is 1.48. The van der Waals surface area contributed by atoms with Gasteiger partial charge in [-0.3, -0.25) is 9.78 Å². The Labute approximate surface area is 177 Å². The van der Waals surface area contributed by atoms with Crippen molar-refractivity contribution < 1.29 is 9.47 Å². The number of benzene rings is 1. The molecule has 0 amide bonds. The monoisotopic (exact) mass is 422 g/mol. The molecule has 1 aromatic carbocycles. The number of aromatic nitrogens is 4. The van der Waals surface area contributed by atoms with Gasteiger partial charge in [-0.05, 0) is 42.3 Å². The zero-order valence-electron chi connectivity index (χ0n) is 16.9. The van der Waals surface area contributed by atoms with E-state index >= 15 is 0 Å². The Morgan fingerprint density at radius 1 is 1.13 bits per heavy atom. The molecule has 30 heavy (non-hydrogen) atoms. The third-order valence-electron chi connectivity index (χ3n) is 4.61. The van der Waals surface area contributed by atoms with E-state index in [4.69, 9.17) is 9.47 Å². The molecular formula is C22H22N4O3S. The minimum absolute atomic E-state index is 0.193. The Balaban J connectivity index is 1.62. The second-order valence-corrected chi connectivity index (χ2v) is 7.76. The fourth-order valence-corrected chi connectivity index (χ4v) is 3.94. The first kappa shape index (κ1) is 20.0. The highest BCUT2D eigenvalue weighted by Gasteiger charge is 2.12. The number of unbranched alkanes of at least 4 members (excludes halogenated alkanes) is 2. The van der Waals surface area contributed by atoms with Crippen LogP contribution in [-0.4, -0.2) is 33.3 Å². The number of thiazole rings is 1. The van der Waals surface area contributed by atoms with Crippen molar-refractivity contribution in [3.8, 4) is 22.9 Å². The topological polar surface area (TPSA) is 78.6 Å². The van der Waals surface area contributed by atoms with Crippen LogP contribution in [0.4, 0.5) is 0 Å². The van der Waals surface area contributed by atoms with Gasteiger partial charge in [0.1, 0.15) is 0 Å². The van der Waals surface area contributed by atoms with E-state index in [2.05, 4.69) is 22.0 Å². The van der Waals surface area contributed by atoms with Crippen LogP contribution in [0.3, 0.4) is 0 Å². The second-order valence-electron chi connectivity index (χ2n) is 6.75. The molecule has 3 heterocycles. The molecule has 7 nitrogen and oxygen atoms in total. The van der Waals surface area contributed by atoms with Gasteiger partial charge in [-0.1, -0.05) is 37.2 Å². The lowest BCUT2D eigenvalue weighted by Gasteiger charge is -2.11. The maximum absolute atomic E-state index is 12.8. The molecule has 0 aliphatic carbocycles. The standard InChI is InChI=1S/C22H22N4O3S/c1-3-4-5-12-29-17-7-6-15(13-18(17)28-2)14-19-21(27)26-22(30-19)24-20(25-26)16-8-10-23-11-9-16/h6-11,13-14H,3-5,12H2,1-2H3/b19-14+. The van der Waals surface area contributed by atoms with Gasteiger partial charge in [0, 0.05) is 18.0 Å². The highest BCUT2D eigenvalue weighted by atomic mass is 32.1. The summed E-state index contributed by atoms with van der Waals surface area (Å²) in [7, 11) is 1.61. The van der Waals surface area contributed by atoms with Crippen LogP contribution in [0.1, 0.15) is 31.7 Å². The first-order valence-corrected chi connectivity index (χ1v) is 10.6. The van der Waals surface area contributed by atoms with Crippen LogP contribution in [0.25, 0.3) is 22.4 Å². The number of fused-ring (bicyclic) bond motifs is 1. The fourth-order valence-electron chi connectivity index (χ4n) is 3.04. The van der Waals surface area contributed by atoms with Gasteiger partial charge >= 0.3 is 0 Å². The van der Waals surface area contributed by atoms with E-state index in [0.29, 0.717) is 33.4 Å². The smallest absolute Gasteiger partial charge is 0.291 e. The average molecular weight is 423 g/mol. The Hall–Kier alpha value is -3.26. The molecule has 0 aliphatic heterocycles. The summed E-state index contributed by atoms with van der Waals surface area (Å²) in [6.07, 6.45) is 8.46. The molecule has 0 aliphatic rings. The number of rotatable bonds is 8. The number of hydrogen-bond acceptors (Lipinski definition) is 7. The zero-order valence-corrected chi connectivity index (χ0v) is 17.7. The molecule has 0 N–H and O–H groups in total. The Kier molecular flexibility index (Phi) is 6.04.